The molecule has 0 saturated carbocycles. The third-order valence-electron chi connectivity index (χ3n) is 7.30. The molecule has 2 aromatic carbocycles. The van der Waals surface area contributed by atoms with Crippen molar-refractivity contribution in [3.05, 3.63) is 47.8 Å². The molecule has 0 spiro atoms. The number of nitrogens with zero attached hydrogens (tertiary/aromatic N) is 1. The number of nitrogens with one attached hydrogen (secondary N) is 1. The molecule has 7 heteroatoms. The summed E-state index contributed by atoms with van der Waals surface area (Å²) in [5.41, 5.74) is 2.01. The lowest BCUT2D eigenvalue weighted by Crippen LogP contribution is -2.53. The van der Waals surface area contributed by atoms with Gasteiger partial charge < -0.3 is 19.5 Å². The van der Waals surface area contributed by atoms with Gasteiger partial charge in [0.25, 0.3) is 0 Å². The standard InChI is InChI=1S/C26H31FN2O4/c1-26(2)15-32-22-12-17(20-13-18(27)5-7-21(20)31-3)4-6-19(22)24(26)28-25(30)33-23-14-29-10-8-16(23)9-11-29/h4-7,12-13,16,23-24H,8-11,14-15H2,1-3H3,(H,28,30)/t23-,24?/m1/s1. The zero-order chi connectivity index (χ0) is 23.2. The van der Waals surface area contributed by atoms with Crippen molar-refractivity contribution in [2.24, 2.45) is 11.3 Å². The number of carbonyl (C=O) groups excluding carboxylic acids is 1. The Hall–Kier alpha value is -2.80. The Balaban J connectivity index is 1.38. The SMILES string of the molecule is COc1ccc(F)cc1-c1ccc2c(c1)OCC(C)(C)C2NC(=O)O[C@@H]1CN2CCC1CC2. The minimum absolute atomic E-state index is 0.0438. The van der Waals surface area contributed by atoms with Crippen molar-refractivity contribution < 1.29 is 23.4 Å². The van der Waals surface area contributed by atoms with Gasteiger partial charge in [0.05, 0.1) is 19.8 Å². The molecule has 2 aromatic rings. The van der Waals surface area contributed by atoms with Gasteiger partial charge in [0.1, 0.15) is 23.4 Å². The molecule has 3 fully saturated rings. The average Bonchev–Trinajstić information content (AvgIpc) is 2.81. The number of amides is 1. The van der Waals surface area contributed by atoms with Crippen LogP contribution in [0.15, 0.2) is 36.4 Å². The van der Waals surface area contributed by atoms with Crippen LogP contribution >= 0.6 is 0 Å². The summed E-state index contributed by atoms with van der Waals surface area (Å²) in [5, 5.41) is 3.12. The number of halogens is 1. The highest BCUT2D eigenvalue weighted by Gasteiger charge is 2.41. The predicted molar refractivity (Wildman–Crippen MR) is 123 cm³/mol. The van der Waals surface area contributed by atoms with Crippen molar-refractivity contribution in [3.8, 4) is 22.6 Å². The van der Waals surface area contributed by atoms with Crippen LogP contribution in [0, 0.1) is 17.2 Å². The van der Waals surface area contributed by atoms with Crippen LogP contribution in [0.25, 0.3) is 11.1 Å². The van der Waals surface area contributed by atoms with E-state index in [9.17, 15) is 9.18 Å². The number of hydrogen-bond acceptors (Lipinski definition) is 5. The molecule has 0 radical (unpaired) electrons. The van der Waals surface area contributed by atoms with Crippen LogP contribution in [0.1, 0.15) is 38.3 Å². The Labute approximate surface area is 194 Å². The van der Waals surface area contributed by atoms with E-state index in [4.69, 9.17) is 14.2 Å². The van der Waals surface area contributed by atoms with Crippen molar-refractivity contribution >= 4 is 6.09 Å². The van der Waals surface area contributed by atoms with E-state index in [2.05, 4.69) is 24.1 Å². The fourth-order valence-electron chi connectivity index (χ4n) is 5.35. The number of rotatable bonds is 4. The number of fused-ring (bicyclic) bond motifs is 4. The average molecular weight is 455 g/mol. The van der Waals surface area contributed by atoms with Crippen molar-refractivity contribution in [1.29, 1.82) is 0 Å². The largest absolute Gasteiger partial charge is 0.496 e. The number of ether oxygens (including phenoxy) is 3. The summed E-state index contributed by atoms with van der Waals surface area (Å²) in [6.07, 6.45) is 1.76. The van der Waals surface area contributed by atoms with E-state index in [0.29, 0.717) is 29.6 Å². The Kier molecular flexibility index (Phi) is 5.69. The monoisotopic (exact) mass is 454 g/mol. The van der Waals surface area contributed by atoms with Crippen molar-refractivity contribution in [1.82, 2.24) is 10.2 Å². The first-order chi connectivity index (χ1) is 15.8. The van der Waals surface area contributed by atoms with Gasteiger partial charge in [-0.1, -0.05) is 26.0 Å². The van der Waals surface area contributed by atoms with Gasteiger partial charge in [-0.25, -0.2) is 9.18 Å². The highest BCUT2D eigenvalue weighted by atomic mass is 19.1. The molecule has 6 rings (SSSR count). The first-order valence-corrected chi connectivity index (χ1v) is 11.6. The van der Waals surface area contributed by atoms with Crippen LogP contribution in [0.4, 0.5) is 9.18 Å². The normalized spacial score (nSPS) is 27.3. The third-order valence-corrected chi connectivity index (χ3v) is 7.30. The van der Waals surface area contributed by atoms with Crippen LogP contribution in [-0.2, 0) is 4.74 Å². The highest BCUT2D eigenvalue weighted by Crippen LogP contribution is 2.45. The first-order valence-electron chi connectivity index (χ1n) is 11.6. The Bertz CT molecular complexity index is 1050. The van der Waals surface area contributed by atoms with E-state index in [-0.39, 0.29) is 29.5 Å². The van der Waals surface area contributed by atoms with Gasteiger partial charge in [0, 0.05) is 23.1 Å². The van der Waals surface area contributed by atoms with E-state index in [1.807, 2.05) is 18.2 Å². The maximum Gasteiger partial charge on any atom is 0.407 e. The molecule has 4 heterocycles. The van der Waals surface area contributed by atoms with Gasteiger partial charge in [-0.05, 0) is 61.7 Å². The molecular weight excluding hydrogens is 423 g/mol. The lowest BCUT2D eigenvalue weighted by atomic mass is 9.78. The Morgan fingerprint density at radius 2 is 1.97 bits per heavy atom. The first kappa shape index (κ1) is 22.0. The minimum atomic E-state index is -0.379. The Morgan fingerprint density at radius 1 is 1.18 bits per heavy atom. The predicted octanol–water partition coefficient (Wildman–Crippen LogP) is 4.78. The third kappa shape index (κ3) is 4.26. The van der Waals surface area contributed by atoms with Crippen LogP contribution in [0.5, 0.6) is 11.5 Å². The molecule has 2 bridgehead atoms. The smallest absolute Gasteiger partial charge is 0.407 e. The van der Waals surface area contributed by atoms with Crippen LogP contribution < -0.4 is 14.8 Å². The van der Waals surface area contributed by atoms with E-state index >= 15 is 0 Å². The molecule has 1 amide bonds. The number of hydrogen-bond donors (Lipinski definition) is 1. The fourth-order valence-corrected chi connectivity index (χ4v) is 5.35. The summed E-state index contributed by atoms with van der Waals surface area (Å²) < 4.78 is 31.3. The summed E-state index contributed by atoms with van der Waals surface area (Å²) in [5.74, 6) is 1.38. The number of alkyl carbamates (subject to hydrolysis) is 1. The molecule has 176 valence electrons. The van der Waals surface area contributed by atoms with Gasteiger partial charge in [0.2, 0.25) is 0 Å². The Morgan fingerprint density at radius 3 is 2.67 bits per heavy atom. The van der Waals surface area contributed by atoms with E-state index in [1.165, 1.54) is 12.1 Å². The summed E-state index contributed by atoms with van der Waals surface area (Å²) in [7, 11) is 1.56. The van der Waals surface area contributed by atoms with Crippen LogP contribution in [-0.4, -0.2) is 50.4 Å². The second-order valence-corrected chi connectivity index (χ2v) is 10.0. The summed E-state index contributed by atoms with van der Waals surface area (Å²) in [4.78, 5) is 15.3. The summed E-state index contributed by atoms with van der Waals surface area (Å²) in [6, 6.07) is 9.91. The molecule has 1 N–H and O–H groups in total. The van der Waals surface area contributed by atoms with Crippen LogP contribution in [0.3, 0.4) is 0 Å². The maximum absolute atomic E-state index is 13.9. The molecule has 6 nitrogen and oxygen atoms in total. The number of benzene rings is 2. The highest BCUT2D eigenvalue weighted by molar-refractivity contribution is 5.73. The van der Waals surface area contributed by atoms with E-state index in [1.54, 1.807) is 13.2 Å². The topological polar surface area (TPSA) is 60.0 Å². The van der Waals surface area contributed by atoms with Gasteiger partial charge >= 0.3 is 6.09 Å². The summed E-state index contributed by atoms with van der Waals surface area (Å²) in [6.45, 7) is 7.60. The molecule has 4 aliphatic rings. The number of carbonyl (C=O) groups is 1. The van der Waals surface area contributed by atoms with Gasteiger partial charge in [-0.2, -0.15) is 0 Å². The maximum atomic E-state index is 13.9. The molecule has 3 saturated heterocycles. The number of methoxy groups -OCH3 is 1. The second kappa shape index (κ2) is 8.52. The van der Waals surface area contributed by atoms with Crippen molar-refractivity contribution in [2.75, 3.05) is 33.4 Å². The molecular formula is C26H31FN2O4. The zero-order valence-electron chi connectivity index (χ0n) is 19.4. The van der Waals surface area contributed by atoms with Crippen molar-refractivity contribution in [2.45, 2.75) is 38.8 Å². The van der Waals surface area contributed by atoms with Gasteiger partial charge in [-0.15, -0.1) is 0 Å². The summed E-state index contributed by atoms with van der Waals surface area (Å²) >= 11 is 0. The van der Waals surface area contributed by atoms with E-state index in [0.717, 1.165) is 43.6 Å². The van der Waals surface area contributed by atoms with Gasteiger partial charge in [-0.3, -0.25) is 4.90 Å². The minimum Gasteiger partial charge on any atom is -0.496 e. The van der Waals surface area contributed by atoms with Crippen molar-refractivity contribution in [3.63, 3.8) is 0 Å². The molecule has 1 unspecified atom stereocenters. The molecule has 0 aliphatic carbocycles. The molecule has 2 atom stereocenters. The lowest BCUT2D eigenvalue weighted by molar-refractivity contribution is -0.0361. The molecule has 33 heavy (non-hydrogen) atoms. The molecule has 0 aromatic heterocycles. The molecule has 4 aliphatic heterocycles. The lowest BCUT2D eigenvalue weighted by Gasteiger charge is -2.44. The fraction of sp³-hybridized carbons (Fsp3) is 0.500. The second-order valence-electron chi connectivity index (χ2n) is 10.0. The number of piperidine rings is 3. The zero-order valence-corrected chi connectivity index (χ0v) is 19.4. The van der Waals surface area contributed by atoms with E-state index < -0.39 is 0 Å². The quantitative estimate of drug-likeness (QED) is 0.721. The van der Waals surface area contributed by atoms with Crippen LogP contribution in [0.2, 0.25) is 0 Å². The van der Waals surface area contributed by atoms with Gasteiger partial charge in [0.15, 0.2) is 0 Å².